The maximum absolute atomic E-state index is 13.2. The van der Waals surface area contributed by atoms with Gasteiger partial charge in [-0.25, -0.2) is 9.18 Å². The lowest BCUT2D eigenvalue weighted by molar-refractivity contribution is 0.205. The Labute approximate surface area is 145 Å². The topological polar surface area (TPSA) is 61.0 Å². The second-order valence-corrected chi connectivity index (χ2v) is 5.81. The lowest BCUT2D eigenvalue weighted by atomic mass is 10.2. The van der Waals surface area contributed by atoms with Crippen LogP contribution in [0.1, 0.15) is 16.8 Å². The first-order valence-electron chi connectivity index (χ1n) is 7.96. The molecule has 2 aromatic carbocycles. The van der Waals surface area contributed by atoms with Crippen molar-refractivity contribution >= 4 is 11.7 Å². The minimum Gasteiger partial charge on any atom is -0.314 e. The number of amides is 2. The quantitative estimate of drug-likeness (QED) is 0.736. The molecule has 0 saturated heterocycles. The molecule has 0 bridgehead atoms. The van der Waals surface area contributed by atoms with Crippen LogP contribution < -0.4 is 5.32 Å². The van der Waals surface area contributed by atoms with E-state index < -0.39 is 0 Å². The summed E-state index contributed by atoms with van der Waals surface area (Å²) >= 11 is 0. The van der Waals surface area contributed by atoms with Crippen molar-refractivity contribution < 1.29 is 9.18 Å². The lowest BCUT2D eigenvalue weighted by Gasteiger charge is -2.23. The van der Waals surface area contributed by atoms with Gasteiger partial charge in [0.25, 0.3) is 0 Å². The number of aromatic nitrogens is 2. The summed E-state index contributed by atoms with van der Waals surface area (Å²) in [6.45, 7) is 2.60. The molecule has 1 aromatic heterocycles. The van der Waals surface area contributed by atoms with Crippen LogP contribution in [0.15, 0.2) is 60.8 Å². The predicted octanol–water partition coefficient (Wildman–Crippen LogP) is 4.09. The van der Waals surface area contributed by atoms with Gasteiger partial charge in [0.05, 0.1) is 12.2 Å². The van der Waals surface area contributed by atoms with E-state index in [-0.39, 0.29) is 11.8 Å². The van der Waals surface area contributed by atoms with Crippen LogP contribution in [0.5, 0.6) is 0 Å². The van der Waals surface area contributed by atoms with E-state index in [1.165, 1.54) is 12.1 Å². The monoisotopic (exact) mass is 338 g/mol. The second-order valence-electron chi connectivity index (χ2n) is 5.81. The molecule has 0 aliphatic carbocycles. The Morgan fingerprint density at radius 3 is 2.64 bits per heavy atom. The fourth-order valence-electron chi connectivity index (χ4n) is 2.54. The summed E-state index contributed by atoms with van der Waals surface area (Å²) in [4.78, 5) is 14.4. The first-order chi connectivity index (χ1) is 12.1. The highest BCUT2D eigenvalue weighted by molar-refractivity contribution is 5.90. The number of aryl methyl sites for hydroxylation is 1. The molecular formula is C19H19FN4O. The number of H-pyrrole nitrogens is 1. The Balaban J connectivity index is 1.78. The van der Waals surface area contributed by atoms with Crippen LogP contribution in [-0.2, 0) is 13.1 Å². The van der Waals surface area contributed by atoms with Crippen LogP contribution in [0.4, 0.5) is 14.9 Å². The minimum atomic E-state index is -0.325. The lowest BCUT2D eigenvalue weighted by Crippen LogP contribution is -2.34. The van der Waals surface area contributed by atoms with Gasteiger partial charge in [0.2, 0.25) is 0 Å². The van der Waals surface area contributed by atoms with Gasteiger partial charge in [0.1, 0.15) is 5.82 Å². The molecule has 0 atom stereocenters. The van der Waals surface area contributed by atoms with Crippen molar-refractivity contribution in [3.05, 3.63) is 83.4 Å². The maximum atomic E-state index is 13.2. The molecule has 0 aliphatic rings. The van der Waals surface area contributed by atoms with Gasteiger partial charge in [-0.1, -0.05) is 30.3 Å². The van der Waals surface area contributed by atoms with Gasteiger partial charge in [-0.05, 0) is 42.3 Å². The molecule has 0 fully saturated rings. The van der Waals surface area contributed by atoms with Gasteiger partial charge in [0, 0.05) is 18.4 Å². The average Bonchev–Trinajstić information content (AvgIpc) is 3.11. The van der Waals surface area contributed by atoms with Crippen LogP contribution in [0, 0.1) is 12.7 Å². The van der Waals surface area contributed by atoms with E-state index in [2.05, 4.69) is 15.5 Å². The minimum absolute atomic E-state index is 0.256. The number of benzene rings is 2. The number of carbonyl (C=O) groups is 1. The molecule has 5 nitrogen and oxygen atoms in total. The molecule has 3 aromatic rings. The zero-order valence-electron chi connectivity index (χ0n) is 13.9. The van der Waals surface area contributed by atoms with Crippen LogP contribution in [0.25, 0.3) is 0 Å². The molecule has 2 N–H and O–H groups in total. The van der Waals surface area contributed by atoms with Crippen molar-refractivity contribution in [1.82, 2.24) is 15.1 Å². The number of urea groups is 1. The van der Waals surface area contributed by atoms with Crippen molar-refractivity contribution in [2.24, 2.45) is 0 Å². The number of halogens is 1. The smallest absolute Gasteiger partial charge is 0.314 e. The number of nitrogens with one attached hydrogen (secondary N) is 2. The van der Waals surface area contributed by atoms with Gasteiger partial charge >= 0.3 is 6.03 Å². The van der Waals surface area contributed by atoms with Gasteiger partial charge in [-0.2, -0.15) is 5.10 Å². The number of aromatic amines is 1. The Morgan fingerprint density at radius 2 is 1.96 bits per heavy atom. The van der Waals surface area contributed by atoms with E-state index in [0.29, 0.717) is 24.3 Å². The Morgan fingerprint density at radius 1 is 1.16 bits per heavy atom. The van der Waals surface area contributed by atoms with Crippen molar-refractivity contribution in [3.8, 4) is 0 Å². The number of hydrogen-bond acceptors (Lipinski definition) is 2. The summed E-state index contributed by atoms with van der Waals surface area (Å²) in [5.41, 5.74) is 3.12. The summed E-state index contributed by atoms with van der Waals surface area (Å²) in [7, 11) is 0. The van der Waals surface area contributed by atoms with Crippen molar-refractivity contribution in [2.75, 3.05) is 5.32 Å². The van der Waals surface area contributed by atoms with Gasteiger partial charge in [-0.3, -0.25) is 5.10 Å². The molecule has 2 amide bonds. The number of hydrogen-bond donors (Lipinski definition) is 2. The Bertz CT molecular complexity index is 834. The SMILES string of the molecule is Cc1cc(F)ccc1NC(=O)N(Cc1ccccc1)Cc1ccn[nH]1. The summed E-state index contributed by atoms with van der Waals surface area (Å²) < 4.78 is 13.2. The molecule has 0 saturated carbocycles. The summed E-state index contributed by atoms with van der Waals surface area (Å²) in [6.07, 6.45) is 1.65. The largest absolute Gasteiger partial charge is 0.322 e. The van der Waals surface area contributed by atoms with E-state index in [1.54, 1.807) is 24.1 Å². The molecule has 0 radical (unpaired) electrons. The normalized spacial score (nSPS) is 10.5. The summed E-state index contributed by atoms with van der Waals surface area (Å²) in [5, 5.41) is 9.65. The van der Waals surface area contributed by atoms with Crippen molar-refractivity contribution in [2.45, 2.75) is 20.0 Å². The van der Waals surface area contributed by atoms with Crippen LogP contribution in [0.3, 0.4) is 0 Å². The van der Waals surface area contributed by atoms with Gasteiger partial charge in [-0.15, -0.1) is 0 Å². The zero-order valence-corrected chi connectivity index (χ0v) is 13.9. The van der Waals surface area contributed by atoms with E-state index in [9.17, 15) is 9.18 Å². The van der Waals surface area contributed by atoms with Crippen LogP contribution in [-0.4, -0.2) is 21.1 Å². The standard InChI is InChI=1S/C19H19FN4O/c1-14-11-16(20)7-8-18(14)22-19(25)24(13-17-9-10-21-23-17)12-15-5-3-2-4-6-15/h2-11H,12-13H2,1H3,(H,21,23)(H,22,25). The first kappa shape index (κ1) is 16.7. The first-order valence-corrected chi connectivity index (χ1v) is 7.96. The summed E-state index contributed by atoms with van der Waals surface area (Å²) in [6, 6.07) is 15.6. The molecule has 0 unspecified atom stereocenters. The highest BCUT2D eigenvalue weighted by atomic mass is 19.1. The number of rotatable bonds is 5. The number of carbonyl (C=O) groups excluding carboxylic acids is 1. The number of nitrogens with zero attached hydrogens (tertiary/aromatic N) is 2. The van der Waals surface area contributed by atoms with Crippen LogP contribution >= 0.6 is 0 Å². The van der Waals surface area contributed by atoms with E-state index in [4.69, 9.17) is 0 Å². The highest BCUT2D eigenvalue weighted by Gasteiger charge is 2.16. The second kappa shape index (κ2) is 7.61. The van der Waals surface area contributed by atoms with Crippen LogP contribution in [0.2, 0.25) is 0 Å². The third-order valence-electron chi connectivity index (χ3n) is 3.85. The molecule has 6 heteroatoms. The Hall–Kier alpha value is -3.15. The molecule has 128 valence electrons. The number of anilines is 1. The zero-order chi connectivity index (χ0) is 17.6. The molecule has 0 aliphatic heterocycles. The average molecular weight is 338 g/mol. The molecular weight excluding hydrogens is 319 g/mol. The molecule has 25 heavy (non-hydrogen) atoms. The van der Waals surface area contributed by atoms with Gasteiger partial charge < -0.3 is 10.2 Å². The maximum Gasteiger partial charge on any atom is 0.322 e. The third-order valence-corrected chi connectivity index (χ3v) is 3.85. The molecule has 3 rings (SSSR count). The molecule has 1 heterocycles. The summed E-state index contributed by atoms with van der Waals surface area (Å²) in [5.74, 6) is -0.325. The third kappa shape index (κ3) is 4.44. The molecule has 0 spiro atoms. The predicted molar refractivity (Wildman–Crippen MR) is 94.4 cm³/mol. The fourth-order valence-corrected chi connectivity index (χ4v) is 2.54. The fraction of sp³-hybridized carbons (Fsp3) is 0.158. The van der Waals surface area contributed by atoms with E-state index >= 15 is 0 Å². The van der Waals surface area contributed by atoms with Gasteiger partial charge in [0.15, 0.2) is 0 Å². The van der Waals surface area contributed by atoms with E-state index in [0.717, 1.165) is 11.3 Å². The van der Waals surface area contributed by atoms with Crippen molar-refractivity contribution in [3.63, 3.8) is 0 Å². The highest BCUT2D eigenvalue weighted by Crippen LogP contribution is 2.17. The Kier molecular flexibility index (Phi) is 5.09. The van der Waals surface area contributed by atoms with Crippen molar-refractivity contribution in [1.29, 1.82) is 0 Å². The van der Waals surface area contributed by atoms with E-state index in [1.807, 2.05) is 36.4 Å².